The van der Waals surface area contributed by atoms with Crippen molar-refractivity contribution < 1.29 is 19.1 Å². The Bertz CT molecular complexity index is 1540. The van der Waals surface area contributed by atoms with Crippen LogP contribution in [0.5, 0.6) is 0 Å². The van der Waals surface area contributed by atoms with Crippen LogP contribution in [-0.2, 0) is 0 Å². The minimum absolute atomic E-state index is 0.0444. The van der Waals surface area contributed by atoms with Crippen LogP contribution >= 0.6 is 0 Å². The number of benzene rings is 3. The van der Waals surface area contributed by atoms with Gasteiger partial charge in [-0.05, 0) is 66.8 Å². The summed E-state index contributed by atoms with van der Waals surface area (Å²) in [4.78, 5) is 24.9. The molecule has 1 amide bonds. The van der Waals surface area contributed by atoms with E-state index in [0.29, 0.717) is 17.2 Å². The summed E-state index contributed by atoms with van der Waals surface area (Å²) in [6, 6.07) is 23.5. The SMILES string of the molecule is N#Cc1cccc(-n2nc(C(=O)O)cc2C(=O)Nc2cc(C(NCC3CC3)c3ccccc3)ccc2F)c1. The number of halogens is 1. The molecule has 3 aromatic carbocycles. The summed E-state index contributed by atoms with van der Waals surface area (Å²) in [6.45, 7) is 0.831. The van der Waals surface area contributed by atoms with Gasteiger partial charge in [-0.15, -0.1) is 0 Å². The Labute approximate surface area is 218 Å². The molecule has 9 heteroatoms. The first-order valence-corrected chi connectivity index (χ1v) is 12.2. The third-order valence-electron chi connectivity index (χ3n) is 6.39. The normalized spacial score (nSPS) is 13.5. The lowest BCUT2D eigenvalue weighted by Crippen LogP contribution is -2.25. The molecule has 1 aliphatic carbocycles. The van der Waals surface area contributed by atoms with Crippen molar-refractivity contribution in [3.8, 4) is 11.8 Å². The molecule has 5 rings (SSSR count). The van der Waals surface area contributed by atoms with E-state index in [0.717, 1.165) is 28.4 Å². The Morgan fingerprint density at radius 2 is 1.84 bits per heavy atom. The molecule has 190 valence electrons. The van der Waals surface area contributed by atoms with Crippen molar-refractivity contribution in [3.05, 3.63) is 113 Å². The predicted octanol–water partition coefficient (Wildman–Crippen LogP) is 4.92. The first kappa shape index (κ1) is 24.9. The van der Waals surface area contributed by atoms with Crippen LogP contribution in [0.3, 0.4) is 0 Å². The lowest BCUT2D eigenvalue weighted by molar-refractivity contribution is 0.0689. The number of carboxylic acid groups (broad SMARTS) is 1. The van der Waals surface area contributed by atoms with Crippen LogP contribution in [0.4, 0.5) is 10.1 Å². The highest BCUT2D eigenvalue weighted by Gasteiger charge is 2.25. The predicted molar refractivity (Wildman–Crippen MR) is 139 cm³/mol. The fourth-order valence-electron chi connectivity index (χ4n) is 4.24. The molecule has 1 atom stereocenters. The first-order valence-electron chi connectivity index (χ1n) is 12.2. The van der Waals surface area contributed by atoms with Gasteiger partial charge in [0, 0.05) is 6.07 Å². The highest BCUT2D eigenvalue weighted by Crippen LogP contribution is 2.31. The second kappa shape index (κ2) is 10.7. The van der Waals surface area contributed by atoms with Crippen molar-refractivity contribution in [3.63, 3.8) is 0 Å². The van der Waals surface area contributed by atoms with Gasteiger partial charge >= 0.3 is 5.97 Å². The van der Waals surface area contributed by atoms with Crippen LogP contribution in [0.25, 0.3) is 5.69 Å². The molecule has 0 bridgehead atoms. The van der Waals surface area contributed by atoms with E-state index in [4.69, 9.17) is 0 Å². The summed E-state index contributed by atoms with van der Waals surface area (Å²) >= 11 is 0. The topological polar surface area (TPSA) is 120 Å². The first-order chi connectivity index (χ1) is 18.4. The molecule has 38 heavy (non-hydrogen) atoms. The Morgan fingerprint density at radius 3 is 2.55 bits per heavy atom. The van der Waals surface area contributed by atoms with E-state index in [1.54, 1.807) is 30.3 Å². The fraction of sp³-hybridized carbons (Fsp3) is 0.172. The van der Waals surface area contributed by atoms with E-state index < -0.39 is 17.7 Å². The van der Waals surface area contributed by atoms with E-state index >= 15 is 0 Å². The average Bonchev–Trinajstić information content (AvgIpc) is 3.65. The van der Waals surface area contributed by atoms with Gasteiger partial charge in [0.1, 0.15) is 11.5 Å². The van der Waals surface area contributed by atoms with Crippen LogP contribution in [0.1, 0.15) is 56.6 Å². The van der Waals surface area contributed by atoms with E-state index in [1.807, 2.05) is 36.4 Å². The molecule has 1 aromatic heterocycles. The number of nitrogens with zero attached hydrogens (tertiary/aromatic N) is 3. The molecular weight excluding hydrogens is 485 g/mol. The maximum Gasteiger partial charge on any atom is 0.356 e. The Balaban J connectivity index is 1.47. The summed E-state index contributed by atoms with van der Waals surface area (Å²) < 4.78 is 16.0. The van der Waals surface area contributed by atoms with E-state index in [-0.39, 0.29) is 23.1 Å². The number of carbonyl (C=O) groups is 2. The molecule has 8 nitrogen and oxygen atoms in total. The number of nitrogens with one attached hydrogen (secondary N) is 2. The number of carboxylic acids is 1. The van der Waals surface area contributed by atoms with Crippen molar-refractivity contribution >= 4 is 17.6 Å². The number of rotatable bonds is 9. The zero-order valence-corrected chi connectivity index (χ0v) is 20.3. The van der Waals surface area contributed by atoms with Crippen molar-refractivity contribution in [2.45, 2.75) is 18.9 Å². The number of nitriles is 1. The van der Waals surface area contributed by atoms with Gasteiger partial charge in [0.2, 0.25) is 0 Å². The quantitative estimate of drug-likeness (QED) is 0.295. The summed E-state index contributed by atoms with van der Waals surface area (Å²) in [5, 5.41) is 28.8. The number of aromatic carboxylic acids is 1. The van der Waals surface area contributed by atoms with Gasteiger partial charge in [-0.3, -0.25) is 4.79 Å². The highest BCUT2D eigenvalue weighted by atomic mass is 19.1. The van der Waals surface area contributed by atoms with Crippen LogP contribution in [0, 0.1) is 23.1 Å². The van der Waals surface area contributed by atoms with Gasteiger partial charge in [-0.25, -0.2) is 13.9 Å². The molecule has 1 saturated carbocycles. The average molecular weight is 510 g/mol. The van der Waals surface area contributed by atoms with Crippen molar-refractivity contribution in [1.82, 2.24) is 15.1 Å². The number of aromatic nitrogens is 2. The zero-order valence-electron chi connectivity index (χ0n) is 20.3. The molecule has 1 fully saturated rings. The van der Waals surface area contributed by atoms with Crippen molar-refractivity contribution in [1.29, 1.82) is 5.26 Å². The zero-order chi connectivity index (χ0) is 26.6. The van der Waals surface area contributed by atoms with Gasteiger partial charge in [0.25, 0.3) is 5.91 Å². The minimum Gasteiger partial charge on any atom is -0.476 e. The molecule has 1 unspecified atom stereocenters. The summed E-state index contributed by atoms with van der Waals surface area (Å²) in [7, 11) is 0. The number of hydrogen-bond acceptors (Lipinski definition) is 5. The van der Waals surface area contributed by atoms with Crippen LogP contribution in [0.2, 0.25) is 0 Å². The minimum atomic E-state index is -1.32. The molecule has 0 spiro atoms. The second-order valence-corrected chi connectivity index (χ2v) is 9.18. The molecule has 1 heterocycles. The summed E-state index contributed by atoms with van der Waals surface area (Å²) in [6.07, 6.45) is 2.37. The third-order valence-corrected chi connectivity index (χ3v) is 6.39. The smallest absolute Gasteiger partial charge is 0.356 e. The molecule has 0 aliphatic heterocycles. The fourth-order valence-corrected chi connectivity index (χ4v) is 4.24. The van der Waals surface area contributed by atoms with Gasteiger partial charge in [-0.2, -0.15) is 10.4 Å². The van der Waals surface area contributed by atoms with Crippen LogP contribution in [0.15, 0.2) is 78.9 Å². The molecule has 4 aromatic rings. The van der Waals surface area contributed by atoms with Crippen molar-refractivity contribution in [2.75, 3.05) is 11.9 Å². The molecule has 0 saturated heterocycles. The van der Waals surface area contributed by atoms with E-state index in [1.165, 1.54) is 25.0 Å². The van der Waals surface area contributed by atoms with Crippen LogP contribution < -0.4 is 10.6 Å². The standard InChI is InChI=1S/C29H24FN5O3/c30-23-12-11-21(27(32-17-18-9-10-18)20-6-2-1-3-7-20)14-24(23)33-28(36)26-15-25(29(37)38)34-35(26)22-8-4-5-19(13-22)16-31/h1-8,11-15,18,27,32H,9-10,17H2,(H,33,36)(H,37,38). The Kier molecular flexibility index (Phi) is 6.98. The van der Waals surface area contributed by atoms with E-state index in [2.05, 4.69) is 15.7 Å². The highest BCUT2D eigenvalue weighted by molar-refractivity contribution is 6.04. The molecular formula is C29H24FN5O3. The third kappa shape index (κ3) is 5.45. The number of anilines is 1. The van der Waals surface area contributed by atoms with Gasteiger partial charge in [-0.1, -0.05) is 42.5 Å². The number of carbonyl (C=O) groups excluding carboxylic acids is 1. The van der Waals surface area contributed by atoms with Crippen LogP contribution in [-0.4, -0.2) is 33.3 Å². The van der Waals surface area contributed by atoms with Gasteiger partial charge in [0.05, 0.1) is 29.0 Å². The molecule has 3 N–H and O–H groups in total. The summed E-state index contributed by atoms with van der Waals surface area (Å²) in [5.74, 6) is -2.07. The number of hydrogen-bond donors (Lipinski definition) is 3. The largest absolute Gasteiger partial charge is 0.476 e. The Morgan fingerprint density at radius 1 is 1.05 bits per heavy atom. The lowest BCUT2D eigenvalue weighted by Gasteiger charge is -2.21. The monoisotopic (exact) mass is 509 g/mol. The second-order valence-electron chi connectivity index (χ2n) is 9.18. The van der Waals surface area contributed by atoms with Crippen molar-refractivity contribution in [2.24, 2.45) is 5.92 Å². The molecule has 0 radical (unpaired) electrons. The summed E-state index contributed by atoms with van der Waals surface area (Å²) in [5.41, 5.74) is 1.90. The van der Waals surface area contributed by atoms with Gasteiger partial charge in [0.15, 0.2) is 5.69 Å². The maximum absolute atomic E-state index is 14.9. The van der Waals surface area contributed by atoms with E-state index in [9.17, 15) is 24.3 Å². The number of amides is 1. The maximum atomic E-state index is 14.9. The Hall–Kier alpha value is -4.81. The van der Waals surface area contributed by atoms with Gasteiger partial charge < -0.3 is 15.7 Å². The lowest BCUT2D eigenvalue weighted by atomic mass is 9.97. The molecule has 1 aliphatic rings.